The van der Waals surface area contributed by atoms with Crippen LogP contribution in [0.4, 0.5) is 5.69 Å². The third kappa shape index (κ3) is 4.49. The predicted octanol–water partition coefficient (Wildman–Crippen LogP) is 2.88. The lowest BCUT2D eigenvalue weighted by Crippen LogP contribution is -2.29. The van der Waals surface area contributed by atoms with E-state index in [1.54, 1.807) is 30.5 Å². The van der Waals surface area contributed by atoms with Crippen LogP contribution in [0.15, 0.2) is 54.7 Å². The fourth-order valence-corrected chi connectivity index (χ4v) is 2.96. The van der Waals surface area contributed by atoms with E-state index in [9.17, 15) is 0 Å². The molecule has 2 aromatic carbocycles. The number of benzene rings is 2. The zero-order valence-corrected chi connectivity index (χ0v) is 14.1. The Labute approximate surface area is 148 Å². The van der Waals surface area contributed by atoms with Crippen molar-refractivity contribution in [2.45, 2.75) is 6.54 Å². The number of ether oxygens (including phenoxy) is 1. The van der Waals surface area contributed by atoms with Crippen molar-refractivity contribution < 1.29 is 14.8 Å². The van der Waals surface area contributed by atoms with Gasteiger partial charge in [-0.3, -0.25) is 0 Å². The number of hydrogen-bond donors (Lipinski definition) is 3. The summed E-state index contributed by atoms with van der Waals surface area (Å²) < 4.78 is 6.26. The summed E-state index contributed by atoms with van der Waals surface area (Å²) in [6.45, 7) is 0.662. The van der Waals surface area contributed by atoms with E-state index in [1.165, 1.54) is 11.3 Å². The first kappa shape index (κ1) is 16.8. The van der Waals surface area contributed by atoms with Crippen molar-refractivity contribution >= 4 is 41.2 Å². The summed E-state index contributed by atoms with van der Waals surface area (Å²) in [4.78, 5) is 5.06. The van der Waals surface area contributed by atoms with E-state index in [-0.39, 0.29) is 0 Å². The van der Waals surface area contributed by atoms with Crippen molar-refractivity contribution in [3.05, 3.63) is 64.1 Å². The molecule has 5 nitrogen and oxygen atoms in total. The molecule has 0 aliphatic heterocycles. The molecule has 3 aromatic rings. The van der Waals surface area contributed by atoms with Gasteiger partial charge in [0.05, 0.1) is 6.54 Å². The molecule has 3 rings (SSSR count). The SMILES string of the molecule is OB(O)c1ccc(Oc2ccc(NCc3cnc(Cl)s3)cc2)cc1. The number of halogens is 1. The van der Waals surface area contributed by atoms with E-state index in [2.05, 4.69) is 10.3 Å². The Hall–Kier alpha value is -2.06. The maximum atomic E-state index is 9.07. The van der Waals surface area contributed by atoms with Crippen molar-refractivity contribution in [1.29, 1.82) is 0 Å². The Balaban J connectivity index is 1.57. The molecule has 0 aliphatic carbocycles. The summed E-state index contributed by atoms with van der Waals surface area (Å²) in [7, 11) is -1.47. The minimum absolute atomic E-state index is 0.421. The molecular formula is C16H14BClN2O3S. The quantitative estimate of drug-likeness (QED) is 0.589. The first-order chi connectivity index (χ1) is 11.6. The van der Waals surface area contributed by atoms with Gasteiger partial charge in [-0.2, -0.15) is 0 Å². The zero-order valence-electron chi connectivity index (χ0n) is 12.5. The van der Waals surface area contributed by atoms with Crippen LogP contribution in [0, 0.1) is 0 Å². The second-order valence-electron chi connectivity index (χ2n) is 5.00. The van der Waals surface area contributed by atoms with Crippen LogP contribution in [0.5, 0.6) is 11.5 Å². The van der Waals surface area contributed by atoms with Gasteiger partial charge in [0.15, 0.2) is 4.47 Å². The Kier molecular flexibility index (Phi) is 5.37. The Morgan fingerprint density at radius 1 is 1.04 bits per heavy atom. The number of aromatic nitrogens is 1. The molecule has 0 amide bonds. The van der Waals surface area contributed by atoms with Crippen LogP contribution >= 0.6 is 22.9 Å². The highest BCUT2D eigenvalue weighted by molar-refractivity contribution is 7.15. The van der Waals surface area contributed by atoms with Gasteiger partial charge in [0.2, 0.25) is 0 Å². The van der Waals surface area contributed by atoms with E-state index in [0.29, 0.717) is 28.0 Å². The maximum absolute atomic E-state index is 9.07. The summed E-state index contributed by atoms with van der Waals surface area (Å²) in [5, 5.41) is 21.4. The average Bonchev–Trinajstić information content (AvgIpc) is 3.00. The number of rotatable bonds is 6. The molecule has 1 aromatic heterocycles. The first-order valence-electron chi connectivity index (χ1n) is 7.18. The lowest BCUT2D eigenvalue weighted by Gasteiger charge is -2.08. The number of anilines is 1. The Morgan fingerprint density at radius 3 is 2.21 bits per heavy atom. The van der Waals surface area contributed by atoms with Crippen molar-refractivity contribution in [3.63, 3.8) is 0 Å². The van der Waals surface area contributed by atoms with Crippen molar-refractivity contribution in [2.24, 2.45) is 0 Å². The molecule has 24 heavy (non-hydrogen) atoms. The largest absolute Gasteiger partial charge is 0.488 e. The van der Waals surface area contributed by atoms with Gasteiger partial charge in [0.25, 0.3) is 0 Å². The molecule has 0 fully saturated rings. The molecule has 0 atom stereocenters. The zero-order chi connectivity index (χ0) is 16.9. The second-order valence-corrected chi connectivity index (χ2v) is 6.70. The third-order valence-corrected chi connectivity index (χ3v) is 4.38. The van der Waals surface area contributed by atoms with Gasteiger partial charge in [0, 0.05) is 16.8 Å². The van der Waals surface area contributed by atoms with Gasteiger partial charge in [0.1, 0.15) is 11.5 Å². The third-order valence-electron chi connectivity index (χ3n) is 3.26. The van der Waals surface area contributed by atoms with Gasteiger partial charge in [-0.15, -0.1) is 11.3 Å². The highest BCUT2D eigenvalue weighted by Gasteiger charge is 2.10. The van der Waals surface area contributed by atoms with Crippen molar-refractivity contribution in [3.8, 4) is 11.5 Å². The summed E-state index contributed by atoms with van der Waals surface area (Å²) >= 11 is 7.25. The Morgan fingerprint density at radius 2 is 1.67 bits per heavy atom. The van der Waals surface area contributed by atoms with E-state index in [0.717, 1.165) is 10.6 Å². The molecular weight excluding hydrogens is 347 g/mol. The molecule has 0 saturated carbocycles. The average molecular weight is 361 g/mol. The monoisotopic (exact) mass is 360 g/mol. The molecule has 0 spiro atoms. The summed E-state index contributed by atoms with van der Waals surface area (Å²) in [5.41, 5.74) is 1.38. The van der Waals surface area contributed by atoms with Gasteiger partial charge in [-0.25, -0.2) is 4.98 Å². The van der Waals surface area contributed by atoms with Crippen LogP contribution in [-0.4, -0.2) is 22.2 Å². The molecule has 0 bridgehead atoms. The molecule has 1 heterocycles. The summed E-state index contributed by atoms with van der Waals surface area (Å²) in [6.07, 6.45) is 1.75. The van der Waals surface area contributed by atoms with Crippen LogP contribution in [0.2, 0.25) is 4.47 Å². The highest BCUT2D eigenvalue weighted by Crippen LogP contribution is 2.23. The number of nitrogens with zero attached hydrogens (tertiary/aromatic N) is 1. The normalized spacial score (nSPS) is 10.5. The number of nitrogens with one attached hydrogen (secondary N) is 1. The predicted molar refractivity (Wildman–Crippen MR) is 97.2 cm³/mol. The van der Waals surface area contributed by atoms with E-state index in [1.807, 2.05) is 24.3 Å². The molecule has 8 heteroatoms. The van der Waals surface area contributed by atoms with E-state index in [4.69, 9.17) is 26.4 Å². The molecule has 122 valence electrons. The van der Waals surface area contributed by atoms with Crippen LogP contribution < -0.4 is 15.5 Å². The Bertz CT molecular complexity index is 794. The molecule has 0 radical (unpaired) electrons. The fraction of sp³-hybridized carbons (Fsp3) is 0.0625. The number of thiazole rings is 1. The van der Waals surface area contributed by atoms with Crippen molar-refractivity contribution in [1.82, 2.24) is 4.98 Å². The fourth-order valence-electron chi connectivity index (χ4n) is 2.04. The molecule has 0 unspecified atom stereocenters. The van der Waals surface area contributed by atoms with Crippen molar-refractivity contribution in [2.75, 3.05) is 5.32 Å². The van der Waals surface area contributed by atoms with Gasteiger partial charge in [-0.1, -0.05) is 23.7 Å². The van der Waals surface area contributed by atoms with Gasteiger partial charge >= 0.3 is 7.12 Å². The smallest absolute Gasteiger partial charge is 0.457 e. The molecule has 0 aliphatic rings. The molecule has 3 N–H and O–H groups in total. The van der Waals surface area contributed by atoms with Gasteiger partial charge in [-0.05, 0) is 41.9 Å². The second kappa shape index (κ2) is 7.68. The summed E-state index contributed by atoms with van der Waals surface area (Å²) in [5.74, 6) is 1.32. The van der Waals surface area contributed by atoms with Crippen LogP contribution in [0.3, 0.4) is 0 Å². The topological polar surface area (TPSA) is 74.6 Å². The number of hydrogen-bond acceptors (Lipinski definition) is 6. The standard InChI is InChI=1S/C16H14BClN2O3S/c18-16-20-10-15(24-16)9-19-12-3-7-14(8-4-12)23-13-5-1-11(2-6-13)17(21)22/h1-8,10,19,21-22H,9H2. The highest BCUT2D eigenvalue weighted by atomic mass is 35.5. The lowest BCUT2D eigenvalue weighted by molar-refractivity contribution is 0.425. The van der Waals surface area contributed by atoms with E-state index >= 15 is 0 Å². The first-order valence-corrected chi connectivity index (χ1v) is 8.38. The maximum Gasteiger partial charge on any atom is 0.488 e. The van der Waals surface area contributed by atoms with Crippen LogP contribution in [0.1, 0.15) is 4.88 Å². The lowest BCUT2D eigenvalue weighted by atomic mass is 9.80. The molecule has 0 saturated heterocycles. The van der Waals surface area contributed by atoms with Crippen LogP contribution in [-0.2, 0) is 6.54 Å². The van der Waals surface area contributed by atoms with E-state index < -0.39 is 7.12 Å². The summed E-state index contributed by atoms with van der Waals surface area (Å²) in [6, 6.07) is 14.1. The van der Waals surface area contributed by atoms with Gasteiger partial charge < -0.3 is 20.1 Å². The van der Waals surface area contributed by atoms with Crippen LogP contribution in [0.25, 0.3) is 0 Å². The minimum Gasteiger partial charge on any atom is -0.457 e. The minimum atomic E-state index is -1.47.